The van der Waals surface area contributed by atoms with Gasteiger partial charge in [-0.05, 0) is 95.1 Å². The molecule has 0 spiro atoms. The summed E-state index contributed by atoms with van der Waals surface area (Å²) in [6.45, 7) is 12.3. The highest BCUT2D eigenvalue weighted by Gasteiger charge is 2.59. The second kappa shape index (κ2) is 12.5. The highest BCUT2D eigenvalue weighted by atomic mass is 32.2. The lowest BCUT2D eigenvalue weighted by molar-refractivity contribution is -0.123. The molecule has 4 rings (SSSR count). The summed E-state index contributed by atoms with van der Waals surface area (Å²) < 4.78 is 38.8. The Morgan fingerprint density at radius 3 is 1.71 bits per heavy atom. The number of nitrogens with zero attached hydrogens (tertiary/aromatic N) is 3. The van der Waals surface area contributed by atoms with Gasteiger partial charge in [-0.25, -0.2) is 9.69 Å². The van der Waals surface area contributed by atoms with Crippen LogP contribution in [0, 0.1) is 11.8 Å². The van der Waals surface area contributed by atoms with Crippen LogP contribution in [0.25, 0.3) is 0 Å². The number of amides is 3. The molecule has 6 nitrogen and oxygen atoms in total. The van der Waals surface area contributed by atoms with Crippen LogP contribution < -0.4 is 10.2 Å². The quantitative estimate of drug-likeness (QED) is 0.190. The molecule has 2 unspecified atom stereocenters. The fourth-order valence-corrected chi connectivity index (χ4v) is 6.53. The van der Waals surface area contributed by atoms with Gasteiger partial charge >= 0.3 is 11.5 Å². The van der Waals surface area contributed by atoms with Crippen LogP contribution in [0.15, 0.2) is 66.1 Å². The van der Waals surface area contributed by atoms with Gasteiger partial charge in [0.2, 0.25) is 0 Å². The van der Waals surface area contributed by atoms with E-state index in [1.165, 1.54) is 24.3 Å². The summed E-state index contributed by atoms with van der Waals surface area (Å²) in [5, 5.41) is 3.09. The van der Waals surface area contributed by atoms with Gasteiger partial charge in [0.05, 0.1) is 5.69 Å². The fourth-order valence-electron chi connectivity index (χ4n) is 5.99. The number of carbonyl (C=O) groups excluding carboxylic acids is 2. The molecule has 2 aromatic heterocycles. The Hall–Kier alpha value is -3.40. The van der Waals surface area contributed by atoms with Crippen molar-refractivity contribution in [3.8, 4) is 0 Å². The summed E-state index contributed by atoms with van der Waals surface area (Å²) in [6.07, 6.45) is 8.52. The summed E-state index contributed by atoms with van der Waals surface area (Å²) in [4.78, 5) is 38.1. The van der Waals surface area contributed by atoms with E-state index in [1.54, 1.807) is 12.4 Å². The molecule has 1 aromatic carbocycles. The number of alkyl halides is 3. The smallest absolute Gasteiger partial charge is 0.322 e. The lowest BCUT2D eigenvalue weighted by atomic mass is 9.68. The number of aromatic nitrogens is 2. The molecule has 42 heavy (non-hydrogen) atoms. The van der Waals surface area contributed by atoms with E-state index in [4.69, 9.17) is 0 Å². The van der Waals surface area contributed by atoms with Crippen LogP contribution in [0.1, 0.15) is 75.6 Å². The number of halogens is 3. The minimum Gasteiger partial charge on any atom is -0.322 e. The van der Waals surface area contributed by atoms with Gasteiger partial charge in [-0.3, -0.25) is 14.8 Å². The number of pyridine rings is 2. The number of hydrogen-bond donors (Lipinski definition) is 1. The van der Waals surface area contributed by atoms with E-state index < -0.39 is 34.8 Å². The molecule has 224 valence electrons. The van der Waals surface area contributed by atoms with Gasteiger partial charge in [0.1, 0.15) is 5.54 Å². The first-order chi connectivity index (χ1) is 19.7. The number of anilines is 1. The van der Waals surface area contributed by atoms with Crippen molar-refractivity contribution in [2.24, 2.45) is 11.8 Å². The van der Waals surface area contributed by atoms with Crippen LogP contribution in [0.4, 0.5) is 23.7 Å². The van der Waals surface area contributed by atoms with Gasteiger partial charge in [0.15, 0.2) is 0 Å². The molecule has 1 aliphatic heterocycles. The van der Waals surface area contributed by atoms with Crippen molar-refractivity contribution < 1.29 is 22.8 Å². The Kier molecular flexibility index (Phi) is 9.35. The van der Waals surface area contributed by atoms with Crippen molar-refractivity contribution in [1.29, 1.82) is 0 Å². The third kappa shape index (κ3) is 6.48. The molecule has 0 saturated carbocycles. The second-order valence-corrected chi connectivity index (χ2v) is 12.9. The molecule has 3 heterocycles. The Labute approximate surface area is 249 Å². The third-order valence-electron chi connectivity index (χ3n) is 7.84. The maximum absolute atomic E-state index is 14.7. The number of thioether (sulfide) groups is 1. The van der Waals surface area contributed by atoms with E-state index in [-0.39, 0.29) is 22.3 Å². The molecule has 10 heteroatoms. The van der Waals surface area contributed by atoms with E-state index >= 15 is 0 Å². The molecule has 1 N–H and O–H groups in total. The van der Waals surface area contributed by atoms with Crippen LogP contribution in [0.2, 0.25) is 0 Å². The number of urea groups is 1. The minimum absolute atomic E-state index is 0.0310. The average molecular weight is 599 g/mol. The standard InChI is InChI=1S/C32H37F3N4O2S/c1-19(2)15-23-17-36-13-11-27(23)21(5)31(22(6)28-12-14-37-18-24(28)16-20(3)4)29(40)39(30(41)38-31)25-7-9-26(10-8-25)42-32(33,34)35/h7-14,17-22H,15-16H2,1-6H3,(H,38,41). The Morgan fingerprint density at radius 1 is 0.810 bits per heavy atom. The first-order valence-corrected chi connectivity index (χ1v) is 14.9. The van der Waals surface area contributed by atoms with Gasteiger partial charge in [-0.15, -0.1) is 0 Å². The lowest BCUT2D eigenvalue weighted by Gasteiger charge is -2.40. The van der Waals surface area contributed by atoms with Crippen LogP contribution >= 0.6 is 11.8 Å². The molecule has 0 radical (unpaired) electrons. The molecule has 0 aliphatic carbocycles. The predicted molar refractivity (Wildman–Crippen MR) is 159 cm³/mol. The minimum atomic E-state index is -4.45. The highest BCUT2D eigenvalue weighted by Crippen LogP contribution is 2.47. The van der Waals surface area contributed by atoms with E-state index in [0.29, 0.717) is 11.8 Å². The van der Waals surface area contributed by atoms with E-state index in [2.05, 4.69) is 43.0 Å². The van der Waals surface area contributed by atoms with Crippen molar-refractivity contribution in [3.63, 3.8) is 0 Å². The van der Waals surface area contributed by atoms with Crippen molar-refractivity contribution >= 4 is 29.4 Å². The molecule has 1 fully saturated rings. The predicted octanol–water partition coefficient (Wildman–Crippen LogP) is 7.89. The topological polar surface area (TPSA) is 75.2 Å². The monoisotopic (exact) mass is 598 g/mol. The number of carbonyl (C=O) groups is 2. The Bertz CT molecular complexity index is 1370. The summed E-state index contributed by atoms with van der Waals surface area (Å²) in [7, 11) is 0. The number of rotatable bonds is 10. The van der Waals surface area contributed by atoms with Crippen molar-refractivity contribution in [2.45, 2.75) is 82.2 Å². The number of benzene rings is 1. The normalized spacial score (nSPS) is 19.0. The lowest BCUT2D eigenvalue weighted by Crippen LogP contribution is -2.55. The van der Waals surface area contributed by atoms with Crippen LogP contribution in [-0.4, -0.2) is 33.0 Å². The van der Waals surface area contributed by atoms with Crippen LogP contribution in [0.5, 0.6) is 0 Å². The van der Waals surface area contributed by atoms with Crippen molar-refractivity contribution in [2.75, 3.05) is 4.90 Å². The number of nitrogens with one attached hydrogen (secondary N) is 1. The molecule has 0 bridgehead atoms. The van der Waals surface area contributed by atoms with Gasteiger partial charge in [0.25, 0.3) is 5.91 Å². The van der Waals surface area contributed by atoms with Crippen molar-refractivity contribution in [1.82, 2.24) is 15.3 Å². The third-order valence-corrected chi connectivity index (χ3v) is 8.58. The fraction of sp³-hybridized carbons (Fsp3) is 0.438. The number of hydrogen-bond acceptors (Lipinski definition) is 5. The first kappa shape index (κ1) is 31.5. The molecular formula is C32H37F3N4O2S. The zero-order chi connectivity index (χ0) is 30.8. The summed E-state index contributed by atoms with van der Waals surface area (Å²) in [5.41, 5.74) is -1.81. The maximum atomic E-state index is 14.7. The molecule has 2 atom stereocenters. The molecule has 1 saturated heterocycles. The molecular weight excluding hydrogens is 561 g/mol. The Morgan fingerprint density at radius 2 is 1.29 bits per heavy atom. The molecule has 3 amide bonds. The summed E-state index contributed by atoms with van der Waals surface area (Å²) >= 11 is -0.245. The zero-order valence-electron chi connectivity index (χ0n) is 24.7. The Balaban J connectivity index is 1.85. The van der Waals surface area contributed by atoms with Crippen LogP contribution in [-0.2, 0) is 17.6 Å². The van der Waals surface area contributed by atoms with E-state index in [1.807, 2.05) is 38.4 Å². The van der Waals surface area contributed by atoms with Gasteiger partial charge in [-0.2, -0.15) is 13.2 Å². The van der Waals surface area contributed by atoms with Gasteiger partial charge in [-0.1, -0.05) is 41.5 Å². The summed E-state index contributed by atoms with van der Waals surface area (Å²) in [6, 6.07) is 8.50. The maximum Gasteiger partial charge on any atom is 0.446 e. The number of imide groups is 1. The van der Waals surface area contributed by atoms with E-state index in [9.17, 15) is 22.8 Å². The average Bonchev–Trinajstić information content (AvgIpc) is 3.18. The SMILES string of the molecule is CC(C)Cc1cnccc1C(C)C1(C(C)c2ccncc2CC(C)C)NC(=O)N(c2ccc(SC(F)(F)F)cc2)C1=O. The zero-order valence-corrected chi connectivity index (χ0v) is 25.5. The van der Waals surface area contributed by atoms with Gasteiger partial charge < -0.3 is 5.32 Å². The summed E-state index contributed by atoms with van der Waals surface area (Å²) in [5.74, 6) is -0.713. The second-order valence-electron chi connectivity index (χ2n) is 11.8. The van der Waals surface area contributed by atoms with Crippen molar-refractivity contribution in [3.05, 3.63) is 83.4 Å². The largest absolute Gasteiger partial charge is 0.446 e. The van der Waals surface area contributed by atoms with E-state index in [0.717, 1.165) is 40.0 Å². The molecule has 3 aromatic rings. The highest BCUT2D eigenvalue weighted by molar-refractivity contribution is 8.00. The first-order valence-electron chi connectivity index (χ1n) is 14.1. The van der Waals surface area contributed by atoms with Gasteiger partial charge in [0, 0.05) is 41.5 Å². The van der Waals surface area contributed by atoms with Crippen LogP contribution in [0.3, 0.4) is 0 Å². The molecule has 1 aliphatic rings.